The number of carbonyl (C=O) groups is 1. The van der Waals surface area contributed by atoms with Crippen molar-refractivity contribution in [2.75, 3.05) is 16.4 Å². The molecule has 202 valence electrons. The molecule has 1 unspecified atom stereocenters. The van der Waals surface area contributed by atoms with E-state index in [1.54, 1.807) is 36.0 Å². The minimum absolute atomic E-state index is 0. The van der Waals surface area contributed by atoms with Crippen LogP contribution in [0.15, 0.2) is 53.4 Å². The zero-order chi connectivity index (χ0) is 26.7. The molecule has 0 fully saturated rings. The first-order valence-corrected chi connectivity index (χ1v) is 13.3. The van der Waals surface area contributed by atoms with Crippen LogP contribution < -0.4 is 21.1 Å². The summed E-state index contributed by atoms with van der Waals surface area (Å²) in [6, 6.07) is 14.6. The molecule has 3 aromatic carbocycles. The Morgan fingerprint density at radius 1 is 1.03 bits per heavy atom. The predicted octanol–water partition coefficient (Wildman–Crippen LogP) is 6.56. The normalized spacial score (nSPS) is 16.0. The smallest absolute Gasteiger partial charge is 0.255 e. The van der Waals surface area contributed by atoms with E-state index in [0.29, 0.717) is 17.0 Å². The number of hydrogen-bond acceptors (Lipinski definition) is 5. The average molecular weight is 555 g/mol. The molecular formula is C29H35ClN4O3S. The number of amides is 1. The second-order valence-corrected chi connectivity index (χ2v) is 10.9. The van der Waals surface area contributed by atoms with Gasteiger partial charge in [0.05, 0.1) is 0 Å². The number of thioether (sulfide) groups is 1. The van der Waals surface area contributed by atoms with Crippen LogP contribution in [-0.4, -0.2) is 28.3 Å². The van der Waals surface area contributed by atoms with Gasteiger partial charge in [0.1, 0.15) is 17.1 Å². The summed E-state index contributed by atoms with van der Waals surface area (Å²) in [7, 11) is 0. The molecule has 3 aromatic rings. The third-order valence-corrected chi connectivity index (χ3v) is 8.04. The lowest BCUT2D eigenvalue weighted by Gasteiger charge is -2.38. The Kier molecular flexibility index (Phi) is 9.22. The first-order valence-electron chi connectivity index (χ1n) is 12.3. The Morgan fingerprint density at radius 2 is 1.63 bits per heavy atom. The molecule has 38 heavy (non-hydrogen) atoms. The number of carbonyl (C=O) groups excluding carboxylic acids is 1. The minimum atomic E-state index is -0.246. The van der Waals surface area contributed by atoms with Crippen LogP contribution in [0.3, 0.4) is 0 Å². The maximum absolute atomic E-state index is 12.6. The number of fused-ring (bicyclic) bond motifs is 1. The van der Waals surface area contributed by atoms with Crippen molar-refractivity contribution in [3.05, 3.63) is 76.3 Å². The molecule has 7 nitrogen and oxygen atoms in total. The highest BCUT2D eigenvalue weighted by Crippen LogP contribution is 2.44. The quantitative estimate of drug-likeness (QED) is 0.128. The third-order valence-electron chi connectivity index (χ3n) is 7.03. The van der Waals surface area contributed by atoms with E-state index >= 15 is 0 Å². The van der Waals surface area contributed by atoms with Crippen LogP contribution in [0.1, 0.15) is 52.4 Å². The monoisotopic (exact) mass is 554 g/mol. The van der Waals surface area contributed by atoms with Gasteiger partial charge in [-0.25, -0.2) is 0 Å². The van der Waals surface area contributed by atoms with E-state index < -0.39 is 0 Å². The van der Waals surface area contributed by atoms with E-state index in [1.165, 1.54) is 0 Å². The number of halogens is 1. The summed E-state index contributed by atoms with van der Waals surface area (Å²) in [4.78, 5) is 13.7. The topological polar surface area (TPSA) is 120 Å². The molecular weight excluding hydrogens is 520 g/mol. The molecule has 9 heteroatoms. The Hall–Kier alpha value is -3.36. The summed E-state index contributed by atoms with van der Waals surface area (Å²) in [5.74, 6) is 1.89. The minimum Gasteiger partial charge on any atom is -0.507 e. The van der Waals surface area contributed by atoms with Gasteiger partial charge >= 0.3 is 0 Å². The van der Waals surface area contributed by atoms with Crippen LogP contribution in [0, 0.1) is 26.2 Å². The summed E-state index contributed by atoms with van der Waals surface area (Å²) in [5, 5.41) is 23.3. The molecule has 4 rings (SSSR count). The molecule has 0 saturated carbocycles. The number of nitrogens with one attached hydrogen (secondary N) is 3. The Labute approximate surface area is 234 Å². The van der Waals surface area contributed by atoms with Crippen LogP contribution >= 0.6 is 24.2 Å². The Bertz CT molecular complexity index is 1330. The number of hydrogen-bond donors (Lipinski definition) is 5. The van der Waals surface area contributed by atoms with Gasteiger partial charge in [0.2, 0.25) is 0 Å². The molecule has 1 aliphatic heterocycles. The number of aromatic hydroxyl groups is 1. The SMILES string of the molecule is Cc1c(C)c2c(c(C)c1O)CCC(C)(CCSc1ccc(NC(=O)c3ccc(NC(=N)N)cc3)cc1)O2.Cl. The first kappa shape index (κ1) is 29.2. The summed E-state index contributed by atoms with van der Waals surface area (Å²) in [5.41, 5.74) is 11.0. The van der Waals surface area contributed by atoms with Crippen molar-refractivity contribution in [2.45, 2.75) is 57.5 Å². The molecule has 0 radical (unpaired) electrons. The van der Waals surface area contributed by atoms with Crippen molar-refractivity contribution < 1.29 is 14.6 Å². The largest absolute Gasteiger partial charge is 0.507 e. The van der Waals surface area contributed by atoms with E-state index in [4.69, 9.17) is 15.9 Å². The standard InChI is InChI=1S/C29H34N4O3S.ClH/c1-17-18(2)26-24(19(3)25(17)34)13-14-29(4,36-26)15-16-37-23-11-9-21(10-12-23)32-27(35)20-5-7-22(8-6-20)33-28(30)31;/h5-12,34H,13-16H2,1-4H3,(H,32,35)(H4,30,31,33);1H. The molecule has 1 amide bonds. The van der Waals surface area contributed by atoms with Crippen molar-refractivity contribution in [2.24, 2.45) is 5.73 Å². The molecule has 1 atom stereocenters. The van der Waals surface area contributed by atoms with E-state index in [-0.39, 0.29) is 29.9 Å². The van der Waals surface area contributed by atoms with Gasteiger partial charge in [-0.3, -0.25) is 10.2 Å². The van der Waals surface area contributed by atoms with Crippen LogP contribution in [0.2, 0.25) is 0 Å². The van der Waals surface area contributed by atoms with Gasteiger partial charge in [0.25, 0.3) is 5.91 Å². The number of phenols is 1. The average Bonchev–Trinajstić information content (AvgIpc) is 2.87. The van der Waals surface area contributed by atoms with Gasteiger partial charge in [0.15, 0.2) is 5.96 Å². The highest BCUT2D eigenvalue weighted by molar-refractivity contribution is 7.99. The molecule has 1 heterocycles. The number of guanidine groups is 1. The number of rotatable bonds is 7. The van der Waals surface area contributed by atoms with Crippen molar-refractivity contribution >= 4 is 47.4 Å². The van der Waals surface area contributed by atoms with Gasteiger partial charge in [-0.05, 0) is 112 Å². The molecule has 1 aliphatic rings. The molecule has 6 N–H and O–H groups in total. The molecule has 0 aromatic heterocycles. The first-order chi connectivity index (χ1) is 17.6. The molecule has 0 spiro atoms. The van der Waals surface area contributed by atoms with Crippen LogP contribution in [0.25, 0.3) is 0 Å². The van der Waals surface area contributed by atoms with Crippen molar-refractivity contribution in [1.29, 1.82) is 5.41 Å². The fourth-order valence-corrected chi connectivity index (χ4v) is 5.65. The lowest BCUT2D eigenvalue weighted by Crippen LogP contribution is -2.37. The van der Waals surface area contributed by atoms with E-state index in [9.17, 15) is 9.90 Å². The van der Waals surface area contributed by atoms with E-state index in [0.717, 1.165) is 63.6 Å². The van der Waals surface area contributed by atoms with E-state index in [2.05, 4.69) is 17.6 Å². The van der Waals surface area contributed by atoms with Crippen LogP contribution in [0.4, 0.5) is 11.4 Å². The predicted molar refractivity (Wildman–Crippen MR) is 159 cm³/mol. The number of nitrogens with two attached hydrogens (primary N) is 1. The summed E-state index contributed by atoms with van der Waals surface area (Å²) < 4.78 is 6.54. The van der Waals surface area contributed by atoms with E-state index in [1.807, 2.05) is 45.0 Å². The summed E-state index contributed by atoms with van der Waals surface area (Å²) >= 11 is 1.77. The highest BCUT2D eigenvalue weighted by atomic mass is 35.5. The van der Waals surface area contributed by atoms with Gasteiger partial charge in [-0.1, -0.05) is 0 Å². The van der Waals surface area contributed by atoms with Gasteiger partial charge in [-0.15, -0.1) is 24.2 Å². The summed E-state index contributed by atoms with van der Waals surface area (Å²) in [6.45, 7) is 8.11. The van der Waals surface area contributed by atoms with Crippen molar-refractivity contribution in [3.63, 3.8) is 0 Å². The third kappa shape index (κ3) is 6.55. The second-order valence-electron chi connectivity index (χ2n) is 9.78. The molecule has 0 aliphatic carbocycles. The van der Waals surface area contributed by atoms with Crippen LogP contribution in [-0.2, 0) is 6.42 Å². The van der Waals surface area contributed by atoms with Crippen molar-refractivity contribution in [3.8, 4) is 11.5 Å². The van der Waals surface area contributed by atoms with Crippen LogP contribution in [0.5, 0.6) is 11.5 Å². The lowest BCUT2D eigenvalue weighted by molar-refractivity contribution is 0.0610. The highest BCUT2D eigenvalue weighted by Gasteiger charge is 2.34. The number of anilines is 2. The second kappa shape index (κ2) is 12.0. The maximum Gasteiger partial charge on any atom is 0.255 e. The van der Waals surface area contributed by atoms with Crippen molar-refractivity contribution in [1.82, 2.24) is 0 Å². The fourth-order valence-electron chi connectivity index (χ4n) is 4.55. The molecule has 0 saturated heterocycles. The Morgan fingerprint density at radius 3 is 2.26 bits per heavy atom. The molecule has 0 bridgehead atoms. The number of phenolic OH excluding ortho intramolecular Hbond substituents is 1. The Balaban J connectivity index is 0.00000400. The van der Waals surface area contributed by atoms with Gasteiger partial charge in [0, 0.05) is 33.2 Å². The van der Waals surface area contributed by atoms with Gasteiger partial charge in [-0.2, -0.15) is 0 Å². The number of ether oxygens (including phenoxy) is 1. The zero-order valence-corrected chi connectivity index (χ0v) is 23.7. The zero-order valence-electron chi connectivity index (χ0n) is 22.1. The summed E-state index contributed by atoms with van der Waals surface area (Å²) in [6.07, 6.45) is 2.73. The maximum atomic E-state index is 12.6. The number of benzene rings is 3. The van der Waals surface area contributed by atoms with Gasteiger partial charge < -0.3 is 26.2 Å². The lowest BCUT2D eigenvalue weighted by atomic mass is 9.86. The fraction of sp³-hybridized carbons (Fsp3) is 0.310.